The first-order chi connectivity index (χ1) is 17.1. The number of carbonyl (C=O) groups excluding carboxylic acids is 1. The van der Waals surface area contributed by atoms with Gasteiger partial charge in [0.1, 0.15) is 17.5 Å². The summed E-state index contributed by atoms with van der Waals surface area (Å²) < 4.78 is 62.0. The van der Waals surface area contributed by atoms with Crippen LogP contribution in [0.2, 0.25) is 0 Å². The van der Waals surface area contributed by atoms with Gasteiger partial charge in [-0.25, -0.2) is 32.5 Å². The van der Waals surface area contributed by atoms with Gasteiger partial charge in [0, 0.05) is 48.6 Å². The van der Waals surface area contributed by atoms with E-state index in [9.17, 15) is 22.4 Å². The summed E-state index contributed by atoms with van der Waals surface area (Å²) in [4.78, 5) is 24.5. The minimum absolute atomic E-state index is 0.0394. The number of amides is 1. The molecule has 0 unspecified atom stereocenters. The van der Waals surface area contributed by atoms with Crippen molar-refractivity contribution < 1.29 is 27.1 Å². The van der Waals surface area contributed by atoms with Crippen molar-refractivity contribution >= 4 is 11.6 Å². The molecule has 3 heterocycles. The molecule has 4 rings (SSSR count). The Kier molecular flexibility index (Phi) is 6.95. The molecular formula is C24H20F4N6O2. The van der Waals surface area contributed by atoms with Crippen molar-refractivity contribution in [2.24, 2.45) is 0 Å². The van der Waals surface area contributed by atoms with E-state index < -0.39 is 35.4 Å². The number of rotatable bonds is 8. The number of alkyl halides is 2. The van der Waals surface area contributed by atoms with E-state index in [0.29, 0.717) is 19.2 Å². The van der Waals surface area contributed by atoms with E-state index in [0.717, 1.165) is 30.0 Å². The Labute approximate surface area is 202 Å². The van der Waals surface area contributed by atoms with Crippen LogP contribution in [0.3, 0.4) is 0 Å². The zero-order valence-electron chi connectivity index (χ0n) is 19.2. The summed E-state index contributed by atoms with van der Waals surface area (Å²) in [5, 5.41) is 8.89. The number of hydrogen-bond acceptors (Lipinski definition) is 6. The van der Waals surface area contributed by atoms with Crippen molar-refractivity contribution in [3.05, 3.63) is 83.3 Å². The third-order valence-electron chi connectivity index (χ3n) is 5.22. The van der Waals surface area contributed by atoms with Gasteiger partial charge in [-0.15, -0.1) is 0 Å². The summed E-state index contributed by atoms with van der Waals surface area (Å²) in [5.74, 6) is -5.42. The number of H-pyrrole nitrogens is 1. The maximum Gasteiger partial charge on any atom is 0.275 e. The molecule has 8 nitrogen and oxygen atoms in total. The molecule has 2 N–H and O–H groups in total. The summed E-state index contributed by atoms with van der Waals surface area (Å²) in [7, 11) is 1.19. The molecule has 0 saturated heterocycles. The van der Waals surface area contributed by atoms with Gasteiger partial charge in [-0.2, -0.15) is 5.10 Å². The van der Waals surface area contributed by atoms with Gasteiger partial charge in [-0.3, -0.25) is 9.89 Å². The Morgan fingerprint density at radius 3 is 2.44 bits per heavy atom. The van der Waals surface area contributed by atoms with Crippen LogP contribution in [0.5, 0.6) is 5.88 Å². The summed E-state index contributed by atoms with van der Waals surface area (Å²) in [6.45, 7) is 0.663. The molecule has 0 aliphatic rings. The summed E-state index contributed by atoms with van der Waals surface area (Å²) in [6.07, 6.45) is 7.10. The fourth-order valence-corrected chi connectivity index (χ4v) is 3.46. The van der Waals surface area contributed by atoms with Gasteiger partial charge in [0.05, 0.1) is 37.2 Å². The Balaban J connectivity index is 1.48. The maximum atomic E-state index is 14.8. The molecule has 12 heteroatoms. The van der Waals surface area contributed by atoms with Crippen LogP contribution in [0, 0.1) is 11.6 Å². The van der Waals surface area contributed by atoms with E-state index in [4.69, 9.17) is 4.74 Å². The van der Waals surface area contributed by atoms with Crippen molar-refractivity contribution in [3.63, 3.8) is 0 Å². The van der Waals surface area contributed by atoms with Gasteiger partial charge in [0.2, 0.25) is 11.8 Å². The molecule has 1 aromatic carbocycles. The van der Waals surface area contributed by atoms with Gasteiger partial charge in [-0.05, 0) is 23.8 Å². The van der Waals surface area contributed by atoms with E-state index >= 15 is 0 Å². The Hall–Kier alpha value is -4.35. The molecule has 0 aliphatic heterocycles. The summed E-state index contributed by atoms with van der Waals surface area (Å²) >= 11 is 0. The molecule has 0 radical (unpaired) electrons. The Bertz CT molecular complexity index is 1370. The van der Waals surface area contributed by atoms with E-state index in [-0.39, 0.29) is 28.3 Å². The van der Waals surface area contributed by atoms with Crippen molar-refractivity contribution in [3.8, 4) is 17.0 Å². The number of aromatic nitrogens is 5. The molecule has 0 aliphatic carbocycles. The second kappa shape index (κ2) is 10.1. The molecule has 1 amide bonds. The second-order valence-electron chi connectivity index (χ2n) is 7.99. The number of benzene rings is 1. The normalized spacial score (nSPS) is 11.4. The van der Waals surface area contributed by atoms with Crippen LogP contribution in [0.4, 0.5) is 23.2 Å². The molecule has 0 spiro atoms. The average Bonchev–Trinajstić information content (AvgIpc) is 3.34. The number of pyridine rings is 1. The van der Waals surface area contributed by atoms with Crippen LogP contribution in [-0.4, -0.2) is 38.2 Å². The number of nitrogens with zero attached hydrogens (tertiary/aromatic N) is 4. The number of hydrogen-bond donors (Lipinski definition) is 2. The standard InChI is InChI=1S/C24H20F4N6O2/c1-24(27,28)18-6-16(12-31-23(18)36-2)34-22(35)5-14-4-20(26)17(7-19(14)25)15-10-29-21(30-11-15)3-13-8-32-33-9-13/h4,6-12H,3,5H2,1-2H3,(H,32,33)(H,34,35). The minimum atomic E-state index is -3.27. The lowest BCUT2D eigenvalue weighted by Crippen LogP contribution is -2.17. The van der Waals surface area contributed by atoms with Gasteiger partial charge in [-0.1, -0.05) is 0 Å². The SMILES string of the molecule is COc1ncc(NC(=O)Cc2cc(F)c(-c3cnc(Cc4cn[nH]c4)nc3)cc2F)cc1C(C)(F)F. The third kappa shape index (κ3) is 5.65. The maximum absolute atomic E-state index is 14.8. The topological polar surface area (TPSA) is 106 Å². The number of ether oxygens (including phenoxy) is 1. The van der Waals surface area contributed by atoms with Crippen molar-refractivity contribution in [2.75, 3.05) is 12.4 Å². The molecular weight excluding hydrogens is 480 g/mol. The third-order valence-corrected chi connectivity index (χ3v) is 5.22. The van der Waals surface area contributed by atoms with Gasteiger partial charge in [0.25, 0.3) is 5.92 Å². The van der Waals surface area contributed by atoms with E-state index in [1.54, 1.807) is 12.4 Å². The smallest absolute Gasteiger partial charge is 0.275 e. The van der Waals surface area contributed by atoms with Gasteiger partial charge >= 0.3 is 0 Å². The lowest BCUT2D eigenvalue weighted by Gasteiger charge is -2.15. The fourth-order valence-electron chi connectivity index (χ4n) is 3.46. The minimum Gasteiger partial charge on any atom is -0.481 e. The van der Waals surface area contributed by atoms with Gasteiger partial charge in [0.15, 0.2) is 0 Å². The molecule has 0 fully saturated rings. The Morgan fingerprint density at radius 2 is 1.81 bits per heavy atom. The number of methoxy groups -OCH3 is 1. The Morgan fingerprint density at radius 1 is 1.06 bits per heavy atom. The van der Waals surface area contributed by atoms with Crippen molar-refractivity contribution in [1.82, 2.24) is 25.1 Å². The predicted octanol–water partition coefficient (Wildman–Crippen LogP) is 4.43. The highest BCUT2D eigenvalue weighted by Gasteiger charge is 2.30. The number of halogens is 4. The molecule has 0 saturated carbocycles. The highest BCUT2D eigenvalue weighted by atomic mass is 19.3. The zero-order valence-corrected chi connectivity index (χ0v) is 19.2. The second-order valence-corrected chi connectivity index (χ2v) is 7.99. The van der Waals surface area contributed by atoms with Crippen LogP contribution in [-0.2, 0) is 23.6 Å². The van der Waals surface area contributed by atoms with Gasteiger partial charge < -0.3 is 10.1 Å². The lowest BCUT2D eigenvalue weighted by atomic mass is 10.0. The average molecular weight is 500 g/mol. The molecule has 0 atom stereocenters. The number of nitrogens with one attached hydrogen (secondary N) is 2. The fraction of sp³-hybridized carbons (Fsp3) is 0.208. The van der Waals surface area contributed by atoms with Crippen molar-refractivity contribution in [2.45, 2.75) is 25.7 Å². The first kappa shape index (κ1) is 24.8. The highest BCUT2D eigenvalue weighted by Crippen LogP contribution is 2.34. The molecule has 4 aromatic rings. The van der Waals surface area contributed by atoms with Crippen LogP contribution in [0.25, 0.3) is 11.1 Å². The van der Waals surface area contributed by atoms with Crippen LogP contribution < -0.4 is 10.1 Å². The lowest BCUT2D eigenvalue weighted by molar-refractivity contribution is -0.115. The number of anilines is 1. The van der Waals surface area contributed by atoms with Crippen molar-refractivity contribution in [1.29, 1.82) is 0 Å². The van der Waals surface area contributed by atoms with Crippen LogP contribution in [0.1, 0.15) is 29.4 Å². The van der Waals surface area contributed by atoms with Crippen LogP contribution >= 0.6 is 0 Å². The highest BCUT2D eigenvalue weighted by molar-refractivity contribution is 5.92. The summed E-state index contributed by atoms with van der Waals surface area (Å²) in [5.41, 5.74) is 0.280. The zero-order chi connectivity index (χ0) is 25.9. The van der Waals surface area contributed by atoms with E-state index in [1.807, 2.05) is 0 Å². The molecule has 0 bridgehead atoms. The first-order valence-corrected chi connectivity index (χ1v) is 10.6. The molecule has 36 heavy (non-hydrogen) atoms. The monoisotopic (exact) mass is 500 g/mol. The largest absolute Gasteiger partial charge is 0.481 e. The quantitative estimate of drug-likeness (QED) is 0.347. The molecule has 186 valence electrons. The van der Waals surface area contributed by atoms with Crippen LogP contribution in [0.15, 0.2) is 49.2 Å². The van der Waals surface area contributed by atoms with E-state index in [1.165, 1.54) is 19.5 Å². The number of aromatic amines is 1. The number of carbonyl (C=O) groups is 1. The predicted molar refractivity (Wildman–Crippen MR) is 121 cm³/mol. The first-order valence-electron chi connectivity index (χ1n) is 10.6. The summed E-state index contributed by atoms with van der Waals surface area (Å²) in [6, 6.07) is 2.87. The molecule has 3 aromatic heterocycles. The van der Waals surface area contributed by atoms with E-state index in [2.05, 4.69) is 30.5 Å².